The van der Waals surface area contributed by atoms with E-state index in [4.69, 9.17) is 18.9 Å². The second-order valence-electron chi connectivity index (χ2n) is 14.5. The predicted octanol–water partition coefficient (Wildman–Crippen LogP) is 6.17. The number of carbonyl (C=O) groups is 3. The van der Waals surface area contributed by atoms with Crippen molar-refractivity contribution in [1.82, 2.24) is 15.2 Å². The number of benzene rings is 1. The first-order valence-electron chi connectivity index (χ1n) is 19.0. The third-order valence-electron chi connectivity index (χ3n) is 8.92. The van der Waals surface area contributed by atoms with Crippen molar-refractivity contribution in [1.29, 1.82) is 0 Å². The number of hydrogen-bond donors (Lipinski definition) is 3. The maximum Gasteiger partial charge on any atom is 0.247 e. The van der Waals surface area contributed by atoms with Crippen LogP contribution < -0.4 is 10.6 Å². The number of halogens is 1. The highest BCUT2D eigenvalue weighted by Crippen LogP contribution is 2.29. The smallest absolute Gasteiger partial charge is 0.247 e. The number of thiazole rings is 1. The number of aromatic nitrogens is 1. The van der Waals surface area contributed by atoms with Crippen molar-refractivity contribution in [3.8, 4) is 10.4 Å². The standard InChI is InChI=1S/C39H61IN4O8S/c1-29-35(53-28-41-29)30-13-15-31(16-14-30)42-37(47)33-26-32(45)27-44(33)38(48)36(39(2,3)4)43-34(46)12-8-7-11-19-50-21-23-52-25-24-51-22-20-49-18-10-6-5-9-17-40/h13-16,28,32-33,36,45H,5-12,17-27H2,1-4H3,(H,42,47)(H,43,46)/t32-,33+,36?/m1/s1. The van der Waals surface area contributed by atoms with Crippen LogP contribution in [0.2, 0.25) is 0 Å². The molecular weight excluding hydrogens is 811 g/mol. The van der Waals surface area contributed by atoms with Crippen LogP contribution in [0.4, 0.5) is 5.69 Å². The zero-order chi connectivity index (χ0) is 38.5. The minimum absolute atomic E-state index is 0.0242. The molecule has 53 heavy (non-hydrogen) atoms. The van der Waals surface area contributed by atoms with Crippen molar-refractivity contribution in [2.75, 3.05) is 69.1 Å². The van der Waals surface area contributed by atoms with Crippen molar-refractivity contribution >= 4 is 57.3 Å². The number of rotatable bonds is 26. The van der Waals surface area contributed by atoms with Gasteiger partial charge >= 0.3 is 0 Å². The lowest BCUT2D eigenvalue weighted by molar-refractivity contribution is -0.143. The van der Waals surface area contributed by atoms with Crippen LogP contribution in [0.25, 0.3) is 10.4 Å². The zero-order valence-electron chi connectivity index (χ0n) is 32.0. The summed E-state index contributed by atoms with van der Waals surface area (Å²) in [5, 5.41) is 16.3. The Balaban J connectivity index is 1.29. The first-order valence-corrected chi connectivity index (χ1v) is 21.4. The molecule has 1 aliphatic rings. The molecule has 298 valence electrons. The topological polar surface area (TPSA) is 149 Å². The Morgan fingerprint density at radius 2 is 1.45 bits per heavy atom. The third-order valence-corrected chi connectivity index (χ3v) is 10.7. The van der Waals surface area contributed by atoms with E-state index in [0.29, 0.717) is 58.4 Å². The molecule has 0 bridgehead atoms. The number of likely N-dealkylation sites (tertiary alicyclic amines) is 1. The van der Waals surface area contributed by atoms with Gasteiger partial charge in [0, 0.05) is 38.3 Å². The summed E-state index contributed by atoms with van der Waals surface area (Å²) in [7, 11) is 0. The van der Waals surface area contributed by atoms with Crippen molar-refractivity contribution in [3.63, 3.8) is 0 Å². The van der Waals surface area contributed by atoms with Crippen molar-refractivity contribution in [2.45, 2.75) is 104 Å². The molecule has 0 spiro atoms. The van der Waals surface area contributed by atoms with Crippen molar-refractivity contribution in [2.24, 2.45) is 5.41 Å². The molecular formula is C39H61IN4O8S. The van der Waals surface area contributed by atoms with Crippen LogP contribution in [0, 0.1) is 12.3 Å². The Morgan fingerprint density at radius 3 is 2.00 bits per heavy atom. The molecule has 2 aromatic rings. The summed E-state index contributed by atoms with van der Waals surface area (Å²) in [4.78, 5) is 47.0. The summed E-state index contributed by atoms with van der Waals surface area (Å²) in [6, 6.07) is 5.76. The van der Waals surface area contributed by atoms with Gasteiger partial charge in [-0.15, -0.1) is 11.3 Å². The fourth-order valence-electron chi connectivity index (χ4n) is 5.94. The molecule has 3 N–H and O–H groups in total. The van der Waals surface area contributed by atoms with Crippen LogP contribution in [-0.4, -0.2) is 115 Å². The number of anilines is 1. The van der Waals surface area contributed by atoms with E-state index in [2.05, 4.69) is 38.2 Å². The molecule has 1 aromatic heterocycles. The van der Waals surface area contributed by atoms with E-state index in [-0.39, 0.29) is 37.1 Å². The zero-order valence-corrected chi connectivity index (χ0v) is 35.0. The van der Waals surface area contributed by atoms with Crippen LogP contribution in [0.1, 0.15) is 84.3 Å². The number of unbranched alkanes of at least 4 members (excludes halogenated alkanes) is 5. The maximum absolute atomic E-state index is 13.9. The van der Waals surface area contributed by atoms with E-state index < -0.39 is 23.6 Å². The van der Waals surface area contributed by atoms with Gasteiger partial charge in [0.1, 0.15) is 12.1 Å². The lowest BCUT2D eigenvalue weighted by atomic mass is 9.85. The Kier molecular flexibility index (Phi) is 21.4. The first-order chi connectivity index (χ1) is 25.5. The SMILES string of the molecule is Cc1ncsc1-c1ccc(NC(=O)[C@@H]2C[C@@H](O)CN2C(=O)C(NC(=O)CCCCCOCCOCCOCCOCCCCCCI)C(C)(C)C)cc1. The van der Waals surface area contributed by atoms with Gasteiger partial charge in [-0.3, -0.25) is 14.4 Å². The monoisotopic (exact) mass is 872 g/mol. The van der Waals surface area contributed by atoms with Crippen LogP contribution in [0.5, 0.6) is 0 Å². The second-order valence-corrected chi connectivity index (χ2v) is 16.4. The number of hydrogen-bond acceptors (Lipinski definition) is 10. The highest BCUT2D eigenvalue weighted by molar-refractivity contribution is 14.1. The number of aryl methyl sites for hydroxylation is 1. The van der Waals surface area contributed by atoms with E-state index in [9.17, 15) is 19.5 Å². The number of alkyl halides is 1. The van der Waals surface area contributed by atoms with E-state index in [1.54, 1.807) is 16.8 Å². The van der Waals surface area contributed by atoms with Crippen LogP contribution in [0.15, 0.2) is 29.8 Å². The van der Waals surface area contributed by atoms with Gasteiger partial charge in [-0.25, -0.2) is 4.98 Å². The first kappa shape index (κ1) is 45.2. The summed E-state index contributed by atoms with van der Waals surface area (Å²) < 4.78 is 23.5. The molecule has 1 aromatic carbocycles. The normalized spacial score (nSPS) is 16.5. The molecule has 1 saturated heterocycles. The Labute approximate surface area is 333 Å². The Bertz CT molecular complexity index is 1360. The average Bonchev–Trinajstić information content (AvgIpc) is 3.74. The highest BCUT2D eigenvalue weighted by Gasteiger charge is 2.44. The summed E-state index contributed by atoms with van der Waals surface area (Å²) in [6.45, 7) is 12.2. The minimum atomic E-state index is -0.860. The number of amides is 3. The number of β-amino-alcohol motifs (C(OH)–C–C–N with tert-alkyl or cyclic N) is 1. The number of carbonyl (C=O) groups excluding carboxylic acids is 3. The predicted molar refractivity (Wildman–Crippen MR) is 218 cm³/mol. The number of nitrogens with zero attached hydrogens (tertiary/aromatic N) is 2. The summed E-state index contributed by atoms with van der Waals surface area (Å²) in [6.07, 6.45) is 6.73. The summed E-state index contributed by atoms with van der Waals surface area (Å²) in [5.41, 5.74) is 3.73. The second kappa shape index (κ2) is 25.0. The fraction of sp³-hybridized carbons (Fsp3) is 0.692. The number of aliphatic hydroxyl groups excluding tert-OH is 1. The molecule has 1 aliphatic heterocycles. The quantitative estimate of drug-likeness (QED) is 0.0574. The molecule has 12 nitrogen and oxygen atoms in total. The highest BCUT2D eigenvalue weighted by atomic mass is 127. The van der Waals surface area contributed by atoms with Crippen LogP contribution in [0.3, 0.4) is 0 Å². The molecule has 2 heterocycles. The Hall–Kier alpha value is -2.21. The molecule has 1 fully saturated rings. The van der Waals surface area contributed by atoms with E-state index >= 15 is 0 Å². The van der Waals surface area contributed by atoms with Crippen LogP contribution >= 0.6 is 33.9 Å². The summed E-state index contributed by atoms with van der Waals surface area (Å²) in [5.74, 6) is -0.975. The van der Waals surface area contributed by atoms with Crippen LogP contribution in [-0.2, 0) is 33.3 Å². The maximum atomic E-state index is 13.9. The molecule has 3 amide bonds. The molecule has 14 heteroatoms. The molecule has 0 radical (unpaired) electrons. The average molecular weight is 873 g/mol. The fourth-order valence-corrected chi connectivity index (χ4v) is 7.29. The van der Waals surface area contributed by atoms with Gasteiger partial charge in [-0.05, 0) is 60.1 Å². The largest absolute Gasteiger partial charge is 0.391 e. The van der Waals surface area contributed by atoms with Gasteiger partial charge in [0.25, 0.3) is 0 Å². The van der Waals surface area contributed by atoms with Crippen molar-refractivity contribution < 1.29 is 38.4 Å². The molecule has 0 aliphatic carbocycles. The van der Waals surface area contributed by atoms with E-state index in [0.717, 1.165) is 42.0 Å². The van der Waals surface area contributed by atoms with Gasteiger partial charge < -0.3 is 39.6 Å². The van der Waals surface area contributed by atoms with Gasteiger partial charge in [0.15, 0.2) is 0 Å². The lowest BCUT2D eigenvalue weighted by Gasteiger charge is -2.35. The van der Waals surface area contributed by atoms with E-state index in [1.165, 1.54) is 28.6 Å². The lowest BCUT2D eigenvalue weighted by Crippen LogP contribution is -2.57. The minimum Gasteiger partial charge on any atom is -0.391 e. The molecule has 3 atom stereocenters. The third kappa shape index (κ3) is 17.0. The molecule has 1 unspecified atom stereocenters. The molecule has 3 rings (SSSR count). The van der Waals surface area contributed by atoms with Crippen molar-refractivity contribution in [3.05, 3.63) is 35.5 Å². The van der Waals surface area contributed by atoms with Gasteiger partial charge in [-0.1, -0.05) is 74.8 Å². The van der Waals surface area contributed by atoms with Gasteiger partial charge in [0.2, 0.25) is 17.7 Å². The number of nitrogens with one attached hydrogen (secondary N) is 2. The summed E-state index contributed by atoms with van der Waals surface area (Å²) >= 11 is 3.97. The molecule has 0 saturated carbocycles. The number of aliphatic hydroxyl groups is 1. The van der Waals surface area contributed by atoms with E-state index in [1.807, 2.05) is 52.0 Å². The number of ether oxygens (including phenoxy) is 4. The Morgan fingerprint density at radius 1 is 0.887 bits per heavy atom. The van der Waals surface area contributed by atoms with Gasteiger partial charge in [-0.2, -0.15) is 0 Å². The van der Waals surface area contributed by atoms with Gasteiger partial charge in [0.05, 0.1) is 61.8 Å².